The number of hydrogen-bond acceptors (Lipinski definition) is 3. The Hall–Kier alpha value is -2.24. The zero-order valence-corrected chi connectivity index (χ0v) is 16.9. The molecule has 152 valence electrons. The Labute approximate surface area is 165 Å². The number of carbonyl (C=O) groups is 2. The van der Waals surface area contributed by atoms with E-state index in [4.69, 9.17) is 0 Å². The molecule has 28 heavy (non-hydrogen) atoms. The predicted molar refractivity (Wildman–Crippen MR) is 106 cm³/mol. The van der Waals surface area contributed by atoms with E-state index in [-0.39, 0.29) is 30.0 Å². The second-order valence-electron chi connectivity index (χ2n) is 8.99. The van der Waals surface area contributed by atoms with Crippen molar-refractivity contribution in [2.75, 3.05) is 19.6 Å². The number of benzene rings is 1. The molecule has 2 unspecified atom stereocenters. The van der Waals surface area contributed by atoms with Gasteiger partial charge in [-0.15, -0.1) is 0 Å². The Kier molecular flexibility index (Phi) is 5.87. The monoisotopic (exact) mass is 388 g/mol. The van der Waals surface area contributed by atoms with Crippen LogP contribution in [0.4, 0.5) is 4.39 Å². The molecule has 0 saturated carbocycles. The highest BCUT2D eigenvalue weighted by molar-refractivity contribution is 6.02. The number of nitrogens with zero attached hydrogens (tertiary/aromatic N) is 2. The number of hydrogen-bond donors (Lipinski definition) is 1. The van der Waals surface area contributed by atoms with E-state index in [1.807, 2.05) is 25.7 Å². The number of halogens is 1. The Bertz CT molecular complexity index is 797. The number of carboxylic acid groups (broad SMARTS) is 1. The topological polar surface area (TPSA) is 70.0 Å². The van der Waals surface area contributed by atoms with Gasteiger partial charge in [-0.3, -0.25) is 14.6 Å². The lowest BCUT2D eigenvalue weighted by atomic mass is 9.77. The Morgan fingerprint density at radius 2 is 2.04 bits per heavy atom. The molecule has 2 heterocycles. The van der Waals surface area contributed by atoms with Crippen molar-refractivity contribution >= 4 is 17.6 Å². The molecule has 1 fully saturated rings. The molecule has 0 aromatic heterocycles. The highest BCUT2D eigenvalue weighted by Gasteiger charge is 2.37. The molecule has 2 aliphatic rings. The molecule has 0 radical (unpaired) electrons. The van der Waals surface area contributed by atoms with Crippen LogP contribution in [0, 0.1) is 23.1 Å². The first-order chi connectivity index (χ1) is 13.1. The van der Waals surface area contributed by atoms with E-state index in [1.165, 1.54) is 6.07 Å². The number of rotatable bonds is 4. The lowest BCUT2D eigenvalue weighted by Crippen LogP contribution is -2.48. The van der Waals surface area contributed by atoms with Crippen molar-refractivity contribution in [1.29, 1.82) is 0 Å². The maximum atomic E-state index is 13.6. The van der Waals surface area contributed by atoms with Crippen molar-refractivity contribution in [1.82, 2.24) is 4.90 Å². The number of aliphatic imine (C=N–C) groups is 1. The van der Waals surface area contributed by atoms with Crippen LogP contribution >= 0.6 is 0 Å². The second-order valence-corrected chi connectivity index (χ2v) is 8.99. The molecule has 1 N–H and O–H groups in total. The van der Waals surface area contributed by atoms with Gasteiger partial charge in [0.05, 0.1) is 0 Å². The largest absolute Gasteiger partial charge is 0.481 e. The highest BCUT2D eigenvalue weighted by Crippen LogP contribution is 2.33. The summed E-state index contributed by atoms with van der Waals surface area (Å²) in [4.78, 5) is 30.7. The van der Waals surface area contributed by atoms with Gasteiger partial charge in [-0.2, -0.15) is 0 Å². The van der Waals surface area contributed by atoms with Crippen LogP contribution in [0.3, 0.4) is 0 Å². The number of amides is 1. The van der Waals surface area contributed by atoms with E-state index in [0.29, 0.717) is 38.9 Å². The SMILES string of the molecule is CC(C)(C)C(=O)N1CCC(CC(=O)O)C(CC2=NCCc3cc(F)ccc32)C1. The lowest BCUT2D eigenvalue weighted by Gasteiger charge is -2.41. The predicted octanol–water partition coefficient (Wildman–Crippen LogP) is 3.55. The summed E-state index contributed by atoms with van der Waals surface area (Å²) in [7, 11) is 0. The summed E-state index contributed by atoms with van der Waals surface area (Å²) < 4.78 is 13.6. The van der Waals surface area contributed by atoms with Crippen molar-refractivity contribution in [2.24, 2.45) is 22.2 Å². The summed E-state index contributed by atoms with van der Waals surface area (Å²) in [6, 6.07) is 4.79. The Balaban J connectivity index is 1.82. The van der Waals surface area contributed by atoms with Crippen molar-refractivity contribution in [3.8, 4) is 0 Å². The molecule has 0 aliphatic carbocycles. The van der Waals surface area contributed by atoms with Gasteiger partial charge in [-0.25, -0.2) is 4.39 Å². The minimum atomic E-state index is -0.807. The highest BCUT2D eigenvalue weighted by atomic mass is 19.1. The quantitative estimate of drug-likeness (QED) is 0.858. The minimum absolute atomic E-state index is 0.00930. The average molecular weight is 388 g/mol. The molecule has 6 heteroatoms. The van der Waals surface area contributed by atoms with Crippen molar-refractivity contribution < 1.29 is 19.1 Å². The van der Waals surface area contributed by atoms with E-state index in [0.717, 1.165) is 16.8 Å². The number of piperidine rings is 1. The third kappa shape index (κ3) is 4.59. The third-order valence-corrected chi connectivity index (χ3v) is 5.77. The van der Waals surface area contributed by atoms with E-state index < -0.39 is 11.4 Å². The lowest BCUT2D eigenvalue weighted by molar-refractivity contribution is -0.143. The molecule has 1 amide bonds. The minimum Gasteiger partial charge on any atom is -0.481 e. The molecule has 5 nitrogen and oxygen atoms in total. The molecular weight excluding hydrogens is 359 g/mol. The summed E-state index contributed by atoms with van der Waals surface area (Å²) >= 11 is 0. The van der Waals surface area contributed by atoms with Gasteiger partial charge in [0.2, 0.25) is 5.91 Å². The normalized spacial score (nSPS) is 22.4. The van der Waals surface area contributed by atoms with Crippen molar-refractivity contribution in [3.63, 3.8) is 0 Å². The van der Waals surface area contributed by atoms with Gasteiger partial charge in [0.15, 0.2) is 0 Å². The first kappa shape index (κ1) is 20.5. The molecule has 1 aromatic rings. The molecule has 2 atom stereocenters. The van der Waals surface area contributed by atoms with E-state index >= 15 is 0 Å². The smallest absolute Gasteiger partial charge is 0.303 e. The van der Waals surface area contributed by atoms with Crippen LogP contribution < -0.4 is 0 Å². The summed E-state index contributed by atoms with van der Waals surface area (Å²) in [5.41, 5.74) is 2.36. The van der Waals surface area contributed by atoms with Crippen LogP contribution in [0.25, 0.3) is 0 Å². The number of aliphatic carboxylic acids is 1. The zero-order chi connectivity index (χ0) is 20.5. The number of likely N-dealkylation sites (tertiary alicyclic amines) is 1. The maximum Gasteiger partial charge on any atom is 0.303 e. The van der Waals surface area contributed by atoms with Crippen molar-refractivity contribution in [2.45, 2.75) is 46.5 Å². The summed E-state index contributed by atoms with van der Waals surface area (Å²) in [5.74, 6) is -0.915. The number of carbonyl (C=O) groups excluding carboxylic acids is 1. The fourth-order valence-corrected chi connectivity index (χ4v) is 4.33. The van der Waals surface area contributed by atoms with E-state index in [1.54, 1.807) is 12.1 Å². The van der Waals surface area contributed by atoms with Crippen LogP contribution in [0.15, 0.2) is 23.2 Å². The van der Waals surface area contributed by atoms with Crippen LogP contribution in [0.1, 0.15) is 51.2 Å². The molecule has 1 saturated heterocycles. The van der Waals surface area contributed by atoms with Crippen LogP contribution in [0.2, 0.25) is 0 Å². The summed E-state index contributed by atoms with van der Waals surface area (Å²) in [6.07, 6.45) is 2.12. The van der Waals surface area contributed by atoms with E-state index in [9.17, 15) is 19.1 Å². The van der Waals surface area contributed by atoms with Gasteiger partial charge in [0.25, 0.3) is 0 Å². The van der Waals surface area contributed by atoms with Crippen LogP contribution in [0.5, 0.6) is 0 Å². The molecule has 3 rings (SSSR count). The molecule has 1 aromatic carbocycles. The fraction of sp³-hybridized carbons (Fsp3) is 0.591. The number of carboxylic acids is 1. The Morgan fingerprint density at radius 3 is 2.71 bits per heavy atom. The van der Waals surface area contributed by atoms with Crippen molar-refractivity contribution in [3.05, 3.63) is 35.1 Å². The molecule has 0 bridgehead atoms. The fourth-order valence-electron chi connectivity index (χ4n) is 4.33. The van der Waals surface area contributed by atoms with Gasteiger partial charge in [-0.1, -0.05) is 20.8 Å². The standard InChI is InChI=1S/C22H29FN2O3/c1-22(2,3)21(28)25-9-7-14(12-20(26)27)16(13-25)11-19-18-5-4-17(23)10-15(18)6-8-24-19/h4-5,10,14,16H,6-9,11-13H2,1-3H3,(H,26,27). The van der Waals surface area contributed by atoms with Crippen LogP contribution in [-0.2, 0) is 16.0 Å². The third-order valence-electron chi connectivity index (χ3n) is 5.77. The second kappa shape index (κ2) is 8.02. The van der Waals surface area contributed by atoms with Gasteiger partial charge in [0.1, 0.15) is 5.82 Å². The van der Waals surface area contributed by atoms with Gasteiger partial charge in [0, 0.05) is 37.2 Å². The maximum absolute atomic E-state index is 13.6. The first-order valence-electron chi connectivity index (χ1n) is 9.98. The number of fused-ring (bicyclic) bond motifs is 1. The van der Waals surface area contributed by atoms with Crippen LogP contribution in [-0.4, -0.2) is 47.2 Å². The summed E-state index contributed by atoms with van der Waals surface area (Å²) in [6.45, 7) is 7.48. The Morgan fingerprint density at radius 1 is 1.29 bits per heavy atom. The zero-order valence-electron chi connectivity index (χ0n) is 16.9. The molecule has 0 spiro atoms. The first-order valence-corrected chi connectivity index (χ1v) is 9.98. The summed E-state index contributed by atoms with van der Waals surface area (Å²) in [5, 5.41) is 9.33. The average Bonchev–Trinajstić information content (AvgIpc) is 2.61. The molecular formula is C22H29FN2O3. The van der Waals surface area contributed by atoms with Gasteiger partial charge >= 0.3 is 5.97 Å². The van der Waals surface area contributed by atoms with Gasteiger partial charge in [-0.05, 0) is 60.4 Å². The van der Waals surface area contributed by atoms with Gasteiger partial charge < -0.3 is 10.0 Å². The van der Waals surface area contributed by atoms with E-state index in [2.05, 4.69) is 4.99 Å². The molecule has 2 aliphatic heterocycles.